The zero-order chi connectivity index (χ0) is 14.7. The zero-order valence-corrected chi connectivity index (χ0v) is 11.6. The van der Waals surface area contributed by atoms with E-state index in [1.807, 2.05) is 35.4 Å². The molecule has 0 radical (unpaired) electrons. The van der Waals surface area contributed by atoms with Crippen LogP contribution in [0, 0.1) is 11.8 Å². The van der Waals surface area contributed by atoms with Crippen LogP contribution in [0.2, 0.25) is 0 Å². The van der Waals surface area contributed by atoms with Crippen molar-refractivity contribution in [3.63, 3.8) is 0 Å². The number of nitrogens with two attached hydrogens (primary N) is 1. The Labute approximate surface area is 123 Å². The number of hydrogen-bond acceptors (Lipinski definition) is 3. The largest absolute Gasteiger partial charge is 0.332 e. The highest BCUT2D eigenvalue weighted by atomic mass is 16.2. The molecule has 0 saturated carbocycles. The van der Waals surface area contributed by atoms with Gasteiger partial charge in [-0.15, -0.1) is 0 Å². The van der Waals surface area contributed by atoms with Gasteiger partial charge in [-0.3, -0.25) is 4.79 Å². The first-order valence-corrected chi connectivity index (χ1v) is 6.86. The van der Waals surface area contributed by atoms with Crippen molar-refractivity contribution >= 4 is 5.91 Å². The monoisotopic (exact) mass is 280 g/mol. The SMILES string of the molecule is NCC#Cc1ccc(C(=O)N2CCn3ccnc3C2)cc1. The molecule has 2 N–H and O–H groups in total. The molecule has 0 spiro atoms. The molecular weight excluding hydrogens is 264 g/mol. The van der Waals surface area contributed by atoms with Crippen LogP contribution in [0.15, 0.2) is 36.7 Å². The summed E-state index contributed by atoms with van der Waals surface area (Å²) < 4.78 is 2.08. The third-order valence-electron chi connectivity index (χ3n) is 3.50. The molecule has 21 heavy (non-hydrogen) atoms. The fourth-order valence-corrected chi connectivity index (χ4v) is 2.38. The van der Waals surface area contributed by atoms with E-state index in [4.69, 9.17) is 5.73 Å². The quantitative estimate of drug-likeness (QED) is 0.788. The van der Waals surface area contributed by atoms with Crippen LogP contribution < -0.4 is 5.73 Å². The molecular formula is C16H16N4O. The molecule has 2 aromatic rings. The summed E-state index contributed by atoms with van der Waals surface area (Å²) in [6, 6.07) is 7.31. The van der Waals surface area contributed by atoms with Gasteiger partial charge >= 0.3 is 0 Å². The van der Waals surface area contributed by atoms with Crippen molar-refractivity contribution in [2.75, 3.05) is 13.1 Å². The zero-order valence-electron chi connectivity index (χ0n) is 11.6. The minimum atomic E-state index is 0.0302. The molecule has 1 aliphatic heterocycles. The second-order valence-corrected chi connectivity index (χ2v) is 4.85. The van der Waals surface area contributed by atoms with Crippen molar-refractivity contribution in [3.05, 3.63) is 53.6 Å². The number of carbonyl (C=O) groups is 1. The molecule has 5 nitrogen and oxygen atoms in total. The van der Waals surface area contributed by atoms with E-state index >= 15 is 0 Å². The maximum Gasteiger partial charge on any atom is 0.254 e. The van der Waals surface area contributed by atoms with Crippen LogP contribution in [0.5, 0.6) is 0 Å². The molecule has 0 atom stereocenters. The Balaban J connectivity index is 1.74. The van der Waals surface area contributed by atoms with Crippen LogP contribution >= 0.6 is 0 Å². The Morgan fingerprint density at radius 2 is 2.10 bits per heavy atom. The van der Waals surface area contributed by atoms with E-state index in [9.17, 15) is 4.79 Å². The molecule has 1 aromatic carbocycles. The van der Waals surface area contributed by atoms with Crippen molar-refractivity contribution in [3.8, 4) is 11.8 Å². The molecule has 1 amide bonds. The number of amides is 1. The molecule has 2 heterocycles. The molecule has 106 valence electrons. The fourth-order valence-electron chi connectivity index (χ4n) is 2.38. The molecule has 1 aliphatic rings. The second kappa shape index (κ2) is 5.81. The second-order valence-electron chi connectivity index (χ2n) is 4.85. The van der Waals surface area contributed by atoms with Crippen LogP contribution in [0.1, 0.15) is 21.7 Å². The lowest BCUT2D eigenvalue weighted by atomic mass is 10.1. The van der Waals surface area contributed by atoms with E-state index in [1.54, 1.807) is 6.20 Å². The number of aromatic nitrogens is 2. The summed E-state index contributed by atoms with van der Waals surface area (Å²) in [7, 11) is 0. The van der Waals surface area contributed by atoms with Gasteiger partial charge in [-0.25, -0.2) is 4.98 Å². The van der Waals surface area contributed by atoms with Crippen molar-refractivity contribution in [1.82, 2.24) is 14.5 Å². The highest BCUT2D eigenvalue weighted by Gasteiger charge is 2.21. The van der Waals surface area contributed by atoms with Crippen LogP contribution in [-0.4, -0.2) is 33.4 Å². The minimum Gasteiger partial charge on any atom is -0.332 e. The molecule has 0 fully saturated rings. The summed E-state index contributed by atoms with van der Waals surface area (Å²) in [4.78, 5) is 18.6. The lowest BCUT2D eigenvalue weighted by molar-refractivity contribution is 0.0707. The predicted molar refractivity (Wildman–Crippen MR) is 79.3 cm³/mol. The first-order chi connectivity index (χ1) is 10.3. The average molecular weight is 280 g/mol. The molecule has 5 heteroatoms. The first kappa shape index (κ1) is 13.4. The number of imidazole rings is 1. The highest BCUT2D eigenvalue weighted by molar-refractivity contribution is 5.94. The van der Waals surface area contributed by atoms with E-state index in [-0.39, 0.29) is 5.91 Å². The van der Waals surface area contributed by atoms with Gasteiger partial charge < -0.3 is 15.2 Å². The lowest BCUT2D eigenvalue weighted by Crippen LogP contribution is -2.38. The Morgan fingerprint density at radius 1 is 1.29 bits per heavy atom. The molecule has 0 saturated heterocycles. The van der Waals surface area contributed by atoms with Crippen molar-refractivity contribution in [2.45, 2.75) is 13.1 Å². The van der Waals surface area contributed by atoms with E-state index in [0.717, 1.165) is 17.9 Å². The maximum absolute atomic E-state index is 12.5. The standard InChI is InChI=1S/C16H16N4O/c17-7-1-2-13-3-5-14(6-4-13)16(21)20-11-10-19-9-8-18-15(19)12-20/h3-6,8-9H,7,10-12,17H2. The topological polar surface area (TPSA) is 64.2 Å². The number of rotatable bonds is 1. The molecule has 0 aliphatic carbocycles. The minimum absolute atomic E-state index is 0.0302. The van der Waals surface area contributed by atoms with Gasteiger partial charge in [0.05, 0.1) is 13.1 Å². The summed E-state index contributed by atoms with van der Waals surface area (Å²) in [5.74, 6) is 6.70. The van der Waals surface area contributed by atoms with Crippen molar-refractivity contribution < 1.29 is 4.79 Å². The number of benzene rings is 1. The smallest absolute Gasteiger partial charge is 0.254 e. The van der Waals surface area contributed by atoms with Crippen molar-refractivity contribution in [2.24, 2.45) is 5.73 Å². The molecule has 0 bridgehead atoms. The van der Waals surface area contributed by atoms with E-state index in [0.29, 0.717) is 25.2 Å². The van der Waals surface area contributed by atoms with Gasteiger partial charge in [-0.2, -0.15) is 0 Å². The summed E-state index contributed by atoms with van der Waals surface area (Å²) in [5, 5.41) is 0. The number of hydrogen-bond donors (Lipinski definition) is 1. The number of carbonyl (C=O) groups excluding carboxylic acids is 1. The Bertz CT molecular complexity index is 706. The van der Waals surface area contributed by atoms with Gasteiger partial charge in [0.15, 0.2) is 0 Å². The third-order valence-corrected chi connectivity index (χ3v) is 3.50. The van der Waals surface area contributed by atoms with Gasteiger partial charge in [0.1, 0.15) is 5.82 Å². The van der Waals surface area contributed by atoms with Crippen molar-refractivity contribution in [1.29, 1.82) is 0 Å². The lowest BCUT2D eigenvalue weighted by Gasteiger charge is -2.27. The highest BCUT2D eigenvalue weighted by Crippen LogP contribution is 2.14. The number of nitrogens with zero attached hydrogens (tertiary/aromatic N) is 3. The van der Waals surface area contributed by atoms with Crippen LogP contribution in [0.3, 0.4) is 0 Å². The van der Waals surface area contributed by atoms with E-state index < -0.39 is 0 Å². The first-order valence-electron chi connectivity index (χ1n) is 6.86. The maximum atomic E-state index is 12.5. The normalized spacial score (nSPS) is 13.3. The Kier molecular flexibility index (Phi) is 3.71. The van der Waals surface area contributed by atoms with Gasteiger partial charge in [0, 0.05) is 36.6 Å². The molecule has 3 rings (SSSR count). The summed E-state index contributed by atoms with van der Waals surface area (Å²) >= 11 is 0. The molecule has 1 aromatic heterocycles. The summed E-state index contributed by atoms with van der Waals surface area (Å²) in [6.07, 6.45) is 3.72. The fraction of sp³-hybridized carbons (Fsp3) is 0.250. The number of fused-ring (bicyclic) bond motifs is 1. The van der Waals surface area contributed by atoms with Gasteiger partial charge in [0.2, 0.25) is 0 Å². The van der Waals surface area contributed by atoms with Crippen LogP contribution in [0.25, 0.3) is 0 Å². The Hall–Kier alpha value is -2.58. The summed E-state index contributed by atoms with van der Waals surface area (Å²) in [5.41, 5.74) is 6.88. The van der Waals surface area contributed by atoms with Gasteiger partial charge in [-0.1, -0.05) is 11.8 Å². The molecule has 0 unspecified atom stereocenters. The third kappa shape index (κ3) is 2.81. The van der Waals surface area contributed by atoms with E-state index in [1.165, 1.54) is 0 Å². The van der Waals surface area contributed by atoms with Crippen LogP contribution in [-0.2, 0) is 13.1 Å². The van der Waals surface area contributed by atoms with Gasteiger partial charge in [-0.05, 0) is 24.3 Å². The van der Waals surface area contributed by atoms with Crippen LogP contribution in [0.4, 0.5) is 0 Å². The average Bonchev–Trinajstić information content (AvgIpc) is 3.00. The summed E-state index contributed by atoms with van der Waals surface area (Å²) in [6.45, 7) is 2.39. The van der Waals surface area contributed by atoms with E-state index in [2.05, 4.69) is 21.4 Å². The van der Waals surface area contributed by atoms with Gasteiger partial charge in [0.25, 0.3) is 5.91 Å². The predicted octanol–water partition coefficient (Wildman–Crippen LogP) is 0.849. The Morgan fingerprint density at radius 3 is 2.86 bits per heavy atom.